The molecule has 0 fully saturated rings. The lowest BCUT2D eigenvalue weighted by atomic mass is 9.89. The lowest BCUT2D eigenvalue weighted by Crippen LogP contribution is -2.31. The smallest absolute Gasteiger partial charge is 0.431 e. The highest BCUT2D eigenvalue weighted by Crippen LogP contribution is 2.43. The van der Waals surface area contributed by atoms with Crippen LogP contribution in [0, 0.1) is 0 Å². The number of hydrogen-bond donors (Lipinski definition) is 0. The standard InChI is InChI=1S/C23H28F3NO6/c1-12(2)30-21(28)32-19-14(5)27(7)15(6)20(33-22(29)31-13(3)4)18(19)16-8-10-17(11-9-16)23(24,25)26/h8-13,18H,1-7H3. The van der Waals surface area contributed by atoms with Crippen molar-refractivity contribution in [2.45, 2.75) is 65.8 Å². The summed E-state index contributed by atoms with van der Waals surface area (Å²) in [5.41, 5.74) is 0.448. The molecule has 33 heavy (non-hydrogen) atoms. The second-order valence-corrected chi connectivity index (χ2v) is 8.05. The van der Waals surface area contributed by atoms with E-state index in [1.54, 1.807) is 53.5 Å². The fourth-order valence-electron chi connectivity index (χ4n) is 3.16. The Kier molecular flexibility index (Phi) is 8.05. The van der Waals surface area contributed by atoms with E-state index >= 15 is 0 Å². The van der Waals surface area contributed by atoms with Crippen molar-refractivity contribution in [1.29, 1.82) is 0 Å². The van der Waals surface area contributed by atoms with Crippen LogP contribution in [-0.4, -0.2) is 36.5 Å². The Morgan fingerprint density at radius 2 is 1.24 bits per heavy atom. The first-order valence-electron chi connectivity index (χ1n) is 10.3. The summed E-state index contributed by atoms with van der Waals surface area (Å²) in [6.07, 6.45) is -7.43. The average Bonchev–Trinajstić information content (AvgIpc) is 2.68. The number of rotatable bonds is 5. The van der Waals surface area contributed by atoms with Crippen LogP contribution >= 0.6 is 0 Å². The number of alkyl halides is 3. The van der Waals surface area contributed by atoms with Gasteiger partial charge in [-0.2, -0.15) is 13.2 Å². The molecule has 7 nitrogen and oxygen atoms in total. The minimum Gasteiger partial charge on any atom is -0.431 e. The molecule has 0 N–H and O–H groups in total. The van der Waals surface area contributed by atoms with Gasteiger partial charge in [0, 0.05) is 7.05 Å². The molecule has 1 heterocycles. The fourth-order valence-corrected chi connectivity index (χ4v) is 3.16. The summed E-state index contributed by atoms with van der Waals surface area (Å²) in [5.74, 6) is -0.885. The van der Waals surface area contributed by atoms with E-state index in [1.807, 2.05) is 0 Å². The molecule has 10 heteroatoms. The van der Waals surface area contributed by atoms with Crippen LogP contribution in [0.15, 0.2) is 47.2 Å². The van der Waals surface area contributed by atoms with E-state index < -0.39 is 42.2 Å². The van der Waals surface area contributed by atoms with E-state index in [2.05, 4.69) is 0 Å². The molecule has 0 unspecified atom stereocenters. The summed E-state index contributed by atoms with van der Waals surface area (Å²) >= 11 is 0. The molecular formula is C23H28F3NO6. The van der Waals surface area contributed by atoms with Gasteiger partial charge < -0.3 is 23.8 Å². The topological polar surface area (TPSA) is 74.3 Å². The van der Waals surface area contributed by atoms with Crippen LogP contribution < -0.4 is 0 Å². The Labute approximate surface area is 190 Å². The third-order valence-electron chi connectivity index (χ3n) is 4.87. The number of carbonyl (C=O) groups is 2. The van der Waals surface area contributed by atoms with E-state index in [0.717, 1.165) is 12.1 Å². The molecule has 1 aromatic carbocycles. The molecule has 0 aliphatic carbocycles. The van der Waals surface area contributed by atoms with Crippen molar-refractivity contribution in [2.24, 2.45) is 0 Å². The average molecular weight is 471 g/mol. The lowest BCUT2D eigenvalue weighted by molar-refractivity contribution is -0.137. The predicted molar refractivity (Wildman–Crippen MR) is 113 cm³/mol. The van der Waals surface area contributed by atoms with E-state index in [-0.39, 0.29) is 11.5 Å². The van der Waals surface area contributed by atoms with Gasteiger partial charge >= 0.3 is 18.5 Å². The number of carbonyl (C=O) groups excluding carboxylic acids is 2. The SMILES string of the molecule is CC1=C(OC(=O)OC(C)C)C(c2ccc(C(F)(F)F)cc2)C(OC(=O)OC(C)C)=C(C)N1C. The van der Waals surface area contributed by atoms with Gasteiger partial charge in [0.05, 0.1) is 29.2 Å². The summed E-state index contributed by atoms with van der Waals surface area (Å²) in [7, 11) is 1.67. The van der Waals surface area contributed by atoms with E-state index in [9.17, 15) is 22.8 Å². The second kappa shape index (κ2) is 10.2. The van der Waals surface area contributed by atoms with Crippen molar-refractivity contribution in [1.82, 2.24) is 4.90 Å². The summed E-state index contributed by atoms with van der Waals surface area (Å²) in [6, 6.07) is 4.31. The Morgan fingerprint density at radius 3 is 1.58 bits per heavy atom. The highest BCUT2D eigenvalue weighted by atomic mass is 19.4. The van der Waals surface area contributed by atoms with Crippen molar-refractivity contribution < 1.29 is 41.7 Å². The van der Waals surface area contributed by atoms with Gasteiger partial charge in [-0.25, -0.2) is 9.59 Å². The largest absolute Gasteiger partial charge is 0.513 e. The van der Waals surface area contributed by atoms with Gasteiger partial charge in [-0.05, 0) is 59.2 Å². The Morgan fingerprint density at radius 1 is 0.848 bits per heavy atom. The lowest BCUT2D eigenvalue weighted by Gasteiger charge is -2.35. The quantitative estimate of drug-likeness (QED) is 0.465. The van der Waals surface area contributed by atoms with E-state index in [0.29, 0.717) is 17.0 Å². The maximum absolute atomic E-state index is 13.1. The molecule has 2 rings (SSSR count). The molecule has 0 atom stereocenters. The molecule has 0 radical (unpaired) electrons. The molecule has 1 aliphatic rings. The molecule has 0 saturated carbocycles. The third-order valence-corrected chi connectivity index (χ3v) is 4.87. The minimum absolute atomic E-state index is 0.0563. The number of allylic oxidation sites excluding steroid dienone is 2. The Bertz CT molecular complexity index is 900. The molecule has 182 valence electrons. The summed E-state index contributed by atoms with van der Waals surface area (Å²) < 4.78 is 60.3. The first-order valence-corrected chi connectivity index (χ1v) is 10.3. The Hall–Kier alpha value is -3.17. The number of ether oxygens (including phenoxy) is 4. The molecular weight excluding hydrogens is 443 g/mol. The molecule has 0 saturated heterocycles. The minimum atomic E-state index is -4.52. The van der Waals surface area contributed by atoms with Gasteiger partial charge in [-0.3, -0.25) is 0 Å². The maximum atomic E-state index is 13.1. The number of benzene rings is 1. The highest BCUT2D eigenvalue weighted by molar-refractivity contribution is 5.65. The molecule has 0 spiro atoms. The van der Waals surface area contributed by atoms with Gasteiger partial charge in [-0.1, -0.05) is 12.1 Å². The van der Waals surface area contributed by atoms with Crippen LogP contribution in [0.3, 0.4) is 0 Å². The summed E-state index contributed by atoms with van der Waals surface area (Å²) in [6.45, 7) is 9.91. The summed E-state index contributed by atoms with van der Waals surface area (Å²) in [4.78, 5) is 26.2. The monoisotopic (exact) mass is 471 g/mol. The molecule has 0 aromatic heterocycles. The molecule has 0 amide bonds. The highest BCUT2D eigenvalue weighted by Gasteiger charge is 2.38. The number of nitrogens with zero attached hydrogens (tertiary/aromatic N) is 1. The van der Waals surface area contributed by atoms with Gasteiger partial charge in [0.15, 0.2) is 0 Å². The number of hydrogen-bond acceptors (Lipinski definition) is 7. The third kappa shape index (κ3) is 6.43. The zero-order valence-electron chi connectivity index (χ0n) is 19.6. The van der Waals surface area contributed by atoms with Crippen LogP contribution in [0.4, 0.5) is 22.8 Å². The van der Waals surface area contributed by atoms with E-state index in [4.69, 9.17) is 18.9 Å². The van der Waals surface area contributed by atoms with Crippen molar-refractivity contribution in [2.75, 3.05) is 7.05 Å². The van der Waals surface area contributed by atoms with Crippen LogP contribution in [0.5, 0.6) is 0 Å². The Balaban J connectivity index is 2.58. The summed E-state index contributed by atoms with van der Waals surface area (Å²) in [5, 5.41) is 0. The van der Waals surface area contributed by atoms with E-state index in [1.165, 1.54) is 12.1 Å². The van der Waals surface area contributed by atoms with Crippen molar-refractivity contribution in [3.63, 3.8) is 0 Å². The van der Waals surface area contributed by atoms with Gasteiger partial charge in [0.2, 0.25) is 0 Å². The molecule has 1 aliphatic heterocycles. The van der Waals surface area contributed by atoms with Crippen LogP contribution in [0.1, 0.15) is 58.6 Å². The van der Waals surface area contributed by atoms with Crippen LogP contribution in [0.25, 0.3) is 0 Å². The molecule has 1 aromatic rings. The van der Waals surface area contributed by atoms with Crippen LogP contribution in [-0.2, 0) is 25.1 Å². The predicted octanol–water partition coefficient (Wildman–Crippen LogP) is 6.32. The molecule has 0 bridgehead atoms. The fraction of sp³-hybridized carbons (Fsp3) is 0.478. The maximum Gasteiger partial charge on any atom is 0.513 e. The van der Waals surface area contributed by atoms with Crippen molar-refractivity contribution in [3.05, 3.63) is 58.3 Å². The van der Waals surface area contributed by atoms with Gasteiger partial charge in [0.25, 0.3) is 0 Å². The first-order chi connectivity index (χ1) is 15.2. The second-order valence-electron chi connectivity index (χ2n) is 8.05. The van der Waals surface area contributed by atoms with Crippen molar-refractivity contribution in [3.8, 4) is 0 Å². The van der Waals surface area contributed by atoms with Gasteiger partial charge in [0.1, 0.15) is 17.4 Å². The zero-order valence-corrected chi connectivity index (χ0v) is 19.6. The first kappa shape index (κ1) is 26.1. The van der Waals surface area contributed by atoms with Crippen LogP contribution in [0.2, 0.25) is 0 Å². The van der Waals surface area contributed by atoms with Crippen molar-refractivity contribution >= 4 is 12.3 Å². The normalized spacial score (nSPS) is 15.3. The number of halogens is 3. The zero-order chi connectivity index (χ0) is 25.1. The van der Waals surface area contributed by atoms with Gasteiger partial charge in [-0.15, -0.1) is 0 Å².